The Morgan fingerprint density at radius 2 is 2.31 bits per heavy atom. The van der Waals surface area contributed by atoms with Gasteiger partial charge in [-0.25, -0.2) is 0 Å². The molecule has 0 aliphatic rings. The molecule has 6 heteroatoms. The van der Waals surface area contributed by atoms with Gasteiger partial charge in [0.25, 0.3) is 5.91 Å². The zero-order valence-corrected chi connectivity index (χ0v) is 8.65. The first-order valence-electron chi connectivity index (χ1n) is 4.69. The minimum atomic E-state index is -3.69. The Morgan fingerprint density at radius 3 is 2.81 bits per heavy atom. The Bertz CT molecular complexity index is 357. The Hall–Kier alpha value is -1.56. The number of pyridine rings is 1. The zero-order valence-electron chi connectivity index (χ0n) is 8.65. The van der Waals surface area contributed by atoms with E-state index in [-0.39, 0.29) is 0 Å². The summed E-state index contributed by atoms with van der Waals surface area (Å²) in [6, 6.07) is 3.21. The number of aromatic nitrogens is 1. The molecule has 0 aliphatic carbocycles. The number of carbonyl (C=O) groups is 1. The van der Waals surface area contributed by atoms with E-state index in [2.05, 4.69) is 4.98 Å². The predicted octanol–water partition coefficient (Wildman–Crippen LogP) is 0.670. The summed E-state index contributed by atoms with van der Waals surface area (Å²) in [4.78, 5) is 14.7. The maximum atomic E-state index is 13.5. The van der Waals surface area contributed by atoms with Gasteiger partial charge < -0.3 is 10.4 Å². The second-order valence-corrected chi connectivity index (χ2v) is 3.35. The van der Waals surface area contributed by atoms with E-state index in [9.17, 15) is 13.6 Å². The molecule has 0 bridgehead atoms. The molecule has 0 spiro atoms. The summed E-state index contributed by atoms with van der Waals surface area (Å²) >= 11 is 0. The van der Waals surface area contributed by atoms with Crippen molar-refractivity contribution in [2.75, 3.05) is 6.61 Å². The summed E-state index contributed by atoms with van der Waals surface area (Å²) < 4.78 is 27.0. The van der Waals surface area contributed by atoms with E-state index in [1.165, 1.54) is 25.3 Å². The smallest absolute Gasteiger partial charge is 0.366 e. The largest absolute Gasteiger partial charge is 0.394 e. The van der Waals surface area contributed by atoms with E-state index < -0.39 is 30.2 Å². The summed E-state index contributed by atoms with van der Waals surface area (Å²) in [5, 5.41) is 10.6. The van der Waals surface area contributed by atoms with Crippen LogP contribution in [-0.4, -0.2) is 28.6 Å². The fraction of sp³-hybridized carbons (Fsp3) is 0.400. The number of aliphatic hydroxyl groups excluding tert-OH is 1. The number of carbonyl (C=O) groups excluding carboxylic acids is 1. The van der Waals surface area contributed by atoms with Crippen LogP contribution in [0.5, 0.6) is 0 Å². The second kappa shape index (κ2) is 4.98. The van der Waals surface area contributed by atoms with Gasteiger partial charge in [-0.05, 0) is 19.1 Å². The van der Waals surface area contributed by atoms with Gasteiger partial charge in [-0.3, -0.25) is 9.78 Å². The first-order chi connectivity index (χ1) is 7.48. The average Bonchev–Trinajstić information content (AvgIpc) is 2.29. The number of nitrogens with zero attached hydrogens (tertiary/aromatic N) is 1. The highest BCUT2D eigenvalue weighted by Gasteiger charge is 2.42. The van der Waals surface area contributed by atoms with Gasteiger partial charge in [0.05, 0.1) is 6.61 Å². The lowest BCUT2D eigenvalue weighted by Crippen LogP contribution is -2.44. The first kappa shape index (κ1) is 12.5. The van der Waals surface area contributed by atoms with Crippen LogP contribution in [0.1, 0.15) is 12.6 Å². The number of alkyl halides is 2. The van der Waals surface area contributed by atoms with E-state index in [1.54, 1.807) is 0 Å². The predicted molar refractivity (Wildman–Crippen MR) is 52.8 cm³/mol. The average molecular weight is 230 g/mol. The molecule has 1 aromatic rings. The molecule has 88 valence electrons. The van der Waals surface area contributed by atoms with Crippen LogP contribution < -0.4 is 5.32 Å². The third-order valence-electron chi connectivity index (χ3n) is 1.92. The number of amides is 1. The monoisotopic (exact) mass is 230 g/mol. The summed E-state index contributed by atoms with van der Waals surface area (Å²) in [5.41, 5.74) is -0.613. The minimum absolute atomic E-state index is 0.399. The number of aliphatic hydroxyl groups is 1. The molecule has 4 nitrogen and oxygen atoms in total. The van der Waals surface area contributed by atoms with Crippen molar-refractivity contribution in [2.45, 2.75) is 18.9 Å². The molecule has 2 N–H and O–H groups in total. The van der Waals surface area contributed by atoms with Crippen LogP contribution in [0.2, 0.25) is 0 Å². The molecular formula is C10H12F2N2O2. The third kappa shape index (κ3) is 2.73. The van der Waals surface area contributed by atoms with E-state index >= 15 is 0 Å². The second-order valence-electron chi connectivity index (χ2n) is 3.35. The van der Waals surface area contributed by atoms with Crippen LogP contribution in [0.25, 0.3) is 0 Å². The van der Waals surface area contributed by atoms with Crippen LogP contribution in [-0.2, 0) is 10.7 Å². The van der Waals surface area contributed by atoms with Gasteiger partial charge in [0.2, 0.25) is 0 Å². The van der Waals surface area contributed by atoms with Crippen LogP contribution in [0.3, 0.4) is 0 Å². The first-order valence-corrected chi connectivity index (χ1v) is 4.69. The van der Waals surface area contributed by atoms with Gasteiger partial charge in [0, 0.05) is 12.2 Å². The number of rotatable bonds is 4. The Balaban J connectivity index is 2.82. The summed E-state index contributed by atoms with van der Waals surface area (Å²) in [6.45, 7) is 1.02. The van der Waals surface area contributed by atoms with Crippen molar-refractivity contribution >= 4 is 5.91 Å². The van der Waals surface area contributed by atoms with Gasteiger partial charge in [-0.15, -0.1) is 0 Å². The van der Waals surface area contributed by atoms with Crippen molar-refractivity contribution in [1.82, 2.24) is 10.3 Å². The van der Waals surface area contributed by atoms with E-state index in [0.717, 1.165) is 6.07 Å². The molecule has 1 amide bonds. The van der Waals surface area contributed by atoms with Crippen molar-refractivity contribution < 1.29 is 18.7 Å². The van der Waals surface area contributed by atoms with Crippen LogP contribution >= 0.6 is 0 Å². The highest BCUT2D eigenvalue weighted by atomic mass is 19.3. The standard InChI is InChI=1S/C10H12F2N2O2/c1-7(6-15)14-9(16)10(11,12)8-4-2-3-5-13-8/h2-5,7,15H,6H2,1H3,(H,14,16)/t7-/m0/s1. The van der Waals surface area contributed by atoms with Gasteiger partial charge in [-0.2, -0.15) is 8.78 Å². The van der Waals surface area contributed by atoms with E-state index in [0.29, 0.717) is 0 Å². The molecule has 0 radical (unpaired) electrons. The molecule has 0 aromatic carbocycles. The Labute approximate surface area is 91.3 Å². The molecule has 1 aromatic heterocycles. The van der Waals surface area contributed by atoms with E-state index in [4.69, 9.17) is 5.11 Å². The number of nitrogens with one attached hydrogen (secondary N) is 1. The number of hydrogen-bond acceptors (Lipinski definition) is 3. The Kier molecular flexibility index (Phi) is 3.89. The normalized spacial score (nSPS) is 13.2. The summed E-state index contributed by atoms with van der Waals surface area (Å²) in [5.74, 6) is -5.15. The highest BCUT2D eigenvalue weighted by Crippen LogP contribution is 2.25. The van der Waals surface area contributed by atoms with Gasteiger partial charge in [-0.1, -0.05) is 6.07 Å². The fourth-order valence-electron chi connectivity index (χ4n) is 1.02. The van der Waals surface area contributed by atoms with Crippen molar-refractivity contribution in [3.63, 3.8) is 0 Å². The van der Waals surface area contributed by atoms with Crippen molar-refractivity contribution in [3.05, 3.63) is 30.1 Å². The number of hydrogen-bond donors (Lipinski definition) is 2. The third-order valence-corrected chi connectivity index (χ3v) is 1.92. The van der Waals surface area contributed by atoms with Crippen LogP contribution in [0.15, 0.2) is 24.4 Å². The maximum Gasteiger partial charge on any atom is 0.366 e. The molecule has 1 atom stereocenters. The Morgan fingerprint density at radius 1 is 1.62 bits per heavy atom. The topological polar surface area (TPSA) is 62.2 Å². The molecule has 1 heterocycles. The molecular weight excluding hydrogens is 218 g/mol. The van der Waals surface area contributed by atoms with Crippen molar-refractivity contribution in [3.8, 4) is 0 Å². The van der Waals surface area contributed by atoms with E-state index in [1.807, 2.05) is 5.32 Å². The SMILES string of the molecule is C[C@@H](CO)NC(=O)C(F)(F)c1ccccn1. The minimum Gasteiger partial charge on any atom is -0.394 e. The molecule has 0 saturated carbocycles. The fourth-order valence-corrected chi connectivity index (χ4v) is 1.02. The maximum absolute atomic E-state index is 13.5. The molecule has 0 saturated heterocycles. The van der Waals surface area contributed by atoms with Gasteiger partial charge in [0.1, 0.15) is 5.69 Å². The van der Waals surface area contributed by atoms with Crippen molar-refractivity contribution in [2.24, 2.45) is 0 Å². The lowest BCUT2D eigenvalue weighted by molar-refractivity contribution is -0.148. The quantitative estimate of drug-likeness (QED) is 0.799. The highest BCUT2D eigenvalue weighted by molar-refractivity contribution is 5.84. The van der Waals surface area contributed by atoms with Crippen LogP contribution in [0.4, 0.5) is 8.78 Å². The molecule has 0 fully saturated rings. The molecule has 1 rings (SSSR count). The zero-order chi connectivity index (χ0) is 12.2. The number of halogens is 2. The molecule has 16 heavy (non-hydrogen) atoms. The molecule has 0 unspecified atom stereocenters. The summed E-state index contributed by atoms with van der Waals surface area (Å²) in [6.07, 6.45) is 1.19. The van der Waals surface area contributed by atoms with Gasteiger partial charge >= 0.3 is 5.92 Å². The van der Waals surface area contributed by atoms with Crippen molar-refractivity contribution in [1.29, 1.82) is 0 Å². The van der Waals surface area contributed by atoms with Gasteiger partial charge in [0.15, 0.2) is 0 Å². The molecule has 0 aliphatic heterocycles. The lowest BCUT2D eigenvalue weighted by atomic mass is 10.2. The summed E-state index contributed by atoms with van der Waals surface area (Å²) in [7, 11) is 0. The lowest BCUT2D eigenvalue weighted by Gasteiger charge is -2.17. The van der Waals surface area contributed by atoms with Crippen LogP contribution in [0, 0.1) is 0 Å².